The quantitative estimate of drug-likeness (QED) is 0.890. The Morgan fingerprint density at radius 1 is 1.12 bits per heavy atom. The van der Waals surface area contributed by atoms with E-state index in [4.69, 9.17) is 0 Å². The molecule has 1 aromatic carbocycles. The molecule has 0 aliphatic carbocycles. The van der Waals surface area contributed by atoms with Crippen LogP contribution in [0.25, 0.3) is 0 Å². The maximum atomic E-state index is 12.1. The van der Waals surface area contributed by atoms with Gasteiger partial charge in [0.15, 0.2) is 0 Å². The molecule has 0 saturated carbocycles. The molecule has 2 rings (SSSR count). The summed E-state index contributed by atoms with van der Waals surface area (Å²) < 4.78 is 0. The number of nitrogens with one attached hydrogen (secondary N) is 2. The number of benzene rings is 1. The minimum Gasteiger partial charge on any atom is -0.336 e. The first-order valence-corrected chi connectivity index (χ1v) is 8.80. The molecule has 1 aromatic rings. The van der Waals surface area contributed by atoms with Gasteiger partial charge in [-0.3, -0.25) is 4.90 Å². The molecule has 134 valence electrons. The largest absolute Gasteiger partial charge is 0.336 e. The number of piperazine rings is 1. The number of rotatable bonds is 4. The van der Waals surface area contributed by atoms with Crippen LogP contribution in [0, 0.1) is 6.92 Å². The number of nitrogens with zero attached hydrogens (tertiary/aromatic N) is 2. The van der Waals surface area contributed by atoms with E-state index in [0.717, 1.165) is 26.2 Å². The molecular weight excluding hydrogens is 300 g/mol. The number of carbonyl (C=O) groups excluding carboxylic acids is 1. The average molecular weight is 332 g/mol. The van der Waals surface area contributed by atoms with Crippen LogP contribution in [0.3, 0.4) is 0 Å². The van der Waals surface area contributed by atoms with Crippen molar-refractivity contribution in [2.45, 2.75) is 39.3 Å². The molecule has 1 saturated heterocycles. The van der Waals surface area contributed by atoms with Crippen LogP contribution < -0.4 is 10.6 Å². The lowest BCUT2D eigenvalue weighted by atomic mass is 10.0. The summed E-state index contributed by atoms with van der Waals surface area (Å²) in [5.74, 6) is 0. The minimum absolute atomic E-state index is 0.103. The molecule has 2 amide bonds. The van der Waals surface area contributed by atoms with Crippen LogP contribution in [-0.2, 0) is 0 Å². The monoisotopic (exact) mass is 332 g/mol. The van der Waals surface area contributed by atoms with Crippen LogP contribution in [-0.4, -0.2) is 61.1 Å². The van der Waals surface area contributed by atoms with E-state index in [1.54, 1.807) is 0 Å². The van der Waals surface area contributed by atoms with Crippen molar-refractivity contribution in [1.82, 2.24) is 20.4 Å². The molecule has 2 N–H and O–H groups in total. The van der Waals surface area contributed by atoms with Gasteiger partial charge in [0.1, 0.15) is 0 Å². The van der Waals surface area contributed by atoms with E-state index in [1.807, 2.05) is 20.8 Å². The van der Waals surface area contributed by atoms with Crippen molar-refractivity contribution in [3.8, 4) is 0 Å². The first kappa shape index (κ1) is 18.7. The van der Waals surface area contributed by atoms with E-state index in [0.29, 0.717) is 6.54 Å². The zero-order valence-corrected chi connectivity index (χ0v) is 15.7. The lowest BCUT2D eigenvalue weighted by molar-refractivity contribution is 0.111. The number of urea groups is 1. The molecule has 1 aliphatic heterocycles. The zero-order valence-electron chi connectivity index (χ0n) is 15.7. The fraction of sp³-hybridized carbons (Fsp3) is 0.632. The number of hydrogen-bond acceptors (Lipinski definition) is 3. The normalized spacial score (nSPS) is 18.2. The Hall–Kier alpha value is -1.59. The summed E-state index contributed by atoms with van der Waals surface area (Å²) in [6.45, 7) is 12.9. The Labute approximate surface area is 146 Å². The zero-order chi connectivity index (χ0) is 17.7. The molecule has 0 spiro atoms. The van der Waals surface area contributed by atoms with E-state index < -0.39 is 0 Å². The second-order valence-electron chi connectivity index (χ2n) is 7.85. The van der Waals surface area contributed by atoms with Crippen molar-refractivity contribution < 1.29 is 4.79 Å². The van der Waals surface area contributed by atoms with Crippen molar-refractivity contribution in [2.24, 2.45) is 0 Å². The Kier molecular flexibility index (Phi) is 6.24. The summed E-state index contributed by atoms with van der Waals surface area (Å²) in [6.07, 6.45) is 0. The smallest absolute Gasteiger partial charge is 0.315 e. The van der Waals surface area contributed by atoms with Crippen molar-refractivity contribution in [1.29, 1.82) is 0 Å². The molecule has 0 unspecified atom stereocenters. The molecule has 1 fully saturated rings. The van der Waals surface area contributed by atoms with Crippen molar-refractivity contribution in [3.05, 3.63) is 35.4 Å². The summed E-state index contributed by atoms with van der Waals surface area (Å²) in [7, 11) is 2.16. The van der Waals surface area contributed by atoms with Gasteiger partial charge in [0.2, 0.25) is 0 Å². The van der Waals surface area contributed by atoms with E-state index >= 15 is 0 Å². The fourth-order valence-electron chi connectivity index (χ4n) is 2.95. The van der Waals surface area contributed by atoms with Gasteiger partial charge in [-0.1, -0.05) is 29.8 Å². The molecule has 1 aliphatic rings. The third-order valence-corrected chi connectivity index (χ3v) is 4.39. The van der Waals surface area contributed by atoms with Crippen LogP contribution in [0.15, 0.2) is 24.3 Å². The first-order chi connectivity index (χ1) is 11.2. The van der Waals surface area contributed by atoms with Crippen molar-refractivity contribution in [3.63, 3.8) is 0 Å². The van der Waals surface area contributed by atoms with Crippen molar-refractivity contribution in [2.75, 3.05) is 39.8 Å². The molecule has 0 aromatic heterocycles. The van der Waals surface area contributed by atoms with Crippen LogP contribution >= 0.6 is 0 Å². The fourth-order valence-corrected chi connectivity index (χ4v) is 2.95. The van der Waals surface area contributed by atoms with E-state index in [-0.39, 0.29) is 17.6 Å². The van der Waals surface area contributed by atoms with Gasteiger partial charge in [-0.15, -0.1) is 0 Å². The summed E-state index contributed by atoms with van der Waals surface area (Å²) in [4.78, 5) is 17.0. The second kappa shape index (κ2) is 7.99. The van der Waals surface area contributed by atoms with Gasteiger partial charge in [-0.2, -0.15) is 0 Å². The third kappa shape index (κ3) is 5.80. The predicted molar refractivity (Wildman–Crippen MR) is 99.3 cm³/mol. The summed E-state index contributed by atoms with van der Waals surface area (Å²) in [5, 5.41) is 6.02. The SMILES string of the molecule is Cc1ccc([C@@H](CNC(=O)NC(C)(C)C)N2CCN(C)CC2)cc1. The summed E-state index contributed by atoms with van der Waals surface area (Å²) >= 11 is 0. The lowest BCUT2D eigenvalue weighted by Crippen LogP contribution is -2.51. The predicted octanol–water partition coefficient (Wildman–Crippen LogP) is 2.38. The Bertz CT molecular complexity index is 527. The molecular formula is C19H32N4O. The number of aryl methyl sites for hydroxylation is 1. The van der Waals surface area contributed by atoms with Gasteiger partial charge in [0.25, 0.3) is 0 Å². The van der Waals surface area contributed by atoms with Crippen molar-refractivity contribution >= 4 is 6.03 Å². The van der Waals surface area contributed by atoms with Gasteiger partial charge in [0.05, 0.1) is 6.04 Å². The Morgan fingerprint density at radius 2 is 1.71 bits per heavy atom. The number of carbonyl (C=O) groups is 1. The molecule has 0 bridgehead atoms. The Balaban J connectivity index is 2.05. The molecule has 0 radical (unpaired) electrons. The molecule has 5 heteroatoms. The van der Waals surface area contributed by atoms with Crippen LogP contribution in [0.2, 0.25) is 0 Å². The van der Waals surface area contributed by atoms with Gasteiger partial charge in [-0.05, 0) is 40.3 Å². The second-order valence-corrected chi connectivity index (χ2v) is 7.85. The highest BCUT2D eigenvalue weighted by molar-refractivity contribution is 5.74. The lowest BCUT2D eigenvalue weighted by Gasteiger charge is -2.38. The number of amides is 2. The highest BCUT2D eigenvalue weighted by Gasteiger charge is 2.24. The minimum atomic E-state index is -0.225. The van der Waals surface area contributed by atoms with Gasteiger partial charge < -0.3 is 15.5 Å². The van der Waals surface area contributed by atoms with Gasteiger partial charge in [-0.25, -0.2) is 4.79 Å². The summed E-state index contributed by atoms with van der Waals surface area (Å²) in [6, 6.07) is 8.77. The van der Waals surface area contributed by atoms with Gasteiger partial charge >= 0.3 is 6.03 Å². The topological polar surface area (TPSA) is 47.6 Å². The highest BCUT2D eigenvalue weighted by atomic mass is 16.2. The standard InChI is InChI=1S/C19H32N4O/c1-15-6-8-16(9-7-15)17(23-12-10-22(5)11-13-23)14-20-18(24)21-19(2,3)4/h6-9,17H,10-14H2,1-5H3,(H2,20,21,24)/t17-/m1/s1. The molecule has 1 heterocycles. The molecule has 5 nitrogen and oxygen atoms in total. The van der Waals surface area contributed by atoms with Gasteiger partial charge in [0, 0.05) is 38.3 Å². The van der Waals surface area contributed by atoms with Crippen LogP contribution in [0.5, 0.6) is 0 Å². The maximum absolute atomic E-state index is 12.1. The van der Waals surface area contributed by atoms with Crippen LogP contribution in [0.4, 0.5) is 4.79 Å². The maximum Gasteiger partial charge on any atom is 0.315 e. The van der Waals surface area contributed by atoms with Crippen LogP contribution in [0.1, 0.15) is 37.9 Å². The third-order valence-electron chi connectivity index (χ3n) is 4.39. The Morgan fingerprint density at radius 3 is 2.25 bits per heavy atom. The van der Waals surface area contributed by atoms with E-state index in [2.05, 4.69) is 58.7 Å². The highest BCUT2D eigenvalue weighted by Crippen LogP contribution is 2.22. The first-order valence-electron chi connectivity index (χ1n) is 8.80. The average Bonchev–Trinajstić information content (AvgIpc) is 2.49. The molecule has 24 heavy (non-hydrogen) atoms. The number of likely N-dealkylation sites (N-methyl/N-ethyl adjacent to an activating group) is 1. The van der Waals surface area contributed by atoms with E-state index in [9.17, 15) is 4.79 Å². The number of hydrogen-bond donors (Lipinski definition) is 2. The summed E-state index contributed by atoms with van der Waals surface area (Å²) in [5.41, 5.74) is 2.30. The van der Waals surface area contributed by atoms with E-state index in [1.165, 1.54) is 11.1 Å². The molecule has 1 atom stereocenters.